The van der Waals surface area contributed by atoms with Gasteiger partial charge in [-0.1, -0.05) is 42.8 Å². The number of fused-ring (bicyclic) bond motifs is 1. The molecule has 2 heteroatoms. The molecule has 2 nitrogen and oxygen atoms in total. The van der Waals surface area contributed by atoms with Crippen LogP contribution in [-0.4, -0.2) is 12.8 Å². The van der Waals surface area contributed by atoms with Crippen molar-refractivity contribution in [2.24, 2.45) is 0 Å². The molecular weight excluding hydrogens is 222 g/mol. The van der Waals surface area contributed by atoms with Gasteiger partial charge >= 0.3 is 0 Å². The molecule has 0 aromatic heterocycles. The second-order valence-corrected chi connectivity index (χ2v) is 4.47. The van der Waals surface area contributed by atoms with Crippen LogP contribution in [0.4, 0.5) is 5.69 Å². The monoisotopic (exact) mass is 241 g/mol. The first-order chi connectivity index (χ1) is 8.92. The lowest BCUT2D eigenvalue weighted by molar-refractivity contribution is -0.107. The van der Waals surface area contributed by atoms with Crippen LogP contribution in [0.1, 0.15) is 25.7 Å². The number of unbranched alkanes of at least 4 members (excludes halogenated alkanes) is 3. The van der Waals surface area contributed by atoms with Crippen molar-refractivity contribution < 1.29 is 4.79 Å². The number of hydrogen-bond donors (Lipinski definition) is 1. The SMILES string of the molecule is O=CCCCCCNc1cccc2ccccc12. The van der Waals surface area contributed by atoms with Gasteiger partial charge in [-0.25, -0.2) is 0 Å². The fraction of sp³-hybridized carbons (Fsp3) is 0.312. The molecule has 2 aromatic rings. The van der Waals surface area contributed by atoms with E-state index < -0.39 is 0 Å². The third-order valence-electron chi connectivity index (χ3n) is 3.10. The zero-order chi connectivity index (χ0) is 12.6. The number of rotatable bonds is 7. The molecule has 0 amide bonds. The minimum absolute atomic E-state index is 0.689. The van der Waals surface area contributed by atoms with Crippen LogP contribution in [0.3, 0.4) is 0 Å². The van der Waals surface area contributed by atoms with Crippen LogP contribution in [0, 0.1) is 0 Å². The predicted molar refractivity (Wildman–Crippen MR) is 77.0 cm³/mol. The molecule has 0 unspecified atom stereocenters. The summed E-state index contributed by atoms with van der Waals surface area (Å²) in [7, 11) is 0. The van der Waals surface area contributed by atoms with Gasteiger partial charge in [0, 0.05) is 24.0 Å². The molecule has 18 heavy (non-hydrogen) atoms. The summed E-state index contributed by atoms with van der Waals surface area (Å²) < 4.78 is 0. The first-order valence-electron chi connectivity index (χ1n) is 6.57. The molecule has 1 N–H and O–H groups in total. The van der Waals surface area contributed by atoms with Crippen LogP contribution in [-0.2, 0) is 4.79 Å². The number of benzene rings is 2. The number of carbonyl (C=O) groups is 1. The summed E-state index contributed by atoms with van der Waals surface area (Å²) in [5.74, 6) is 0. The van der Waals surface area contributed by atoms with Gasteiger partial charge < -0.3 is 10.1 Å². The topological polar surface area (TPSA) is 29.1 Å². The Morgan fingerprint density at radius 3 is 2.67 bits per heavy atom. The summed E-state index contributed by atoms with van der Waals surface area (Å²) in [6, 6.07) is 14.7. The Morgan fingerprint density at radius 2 is 1.78 bits per heavy atom. The molecule has 0 heterocycles. The number of nitrogens with one attached hydrogen (secondary N) is 1. The molecule has 2 rings (SSSR count). The average Bonchev–Trinajstić information content (AvgIpc) is 2.43. The average molecular weight is 241 g/mol. The number of aldehydes is 1. The largest absolute Gasteiger partial charge is 0.385 e. The second-order valence-electron chi connectivity index (χ2n) is 4.47. The minimum atomic E-state index is 0.689. The molecule has 94 valence electrons. The van der Waals surface area contributed by atoms with E-state index in [-0.39, 0.29) is 0 Å². The van der Waals surface area contributed by atoms with Crippen molar-refractivity contribution >= 4 is 22.7 Å². The maximum Gasteiger partial charge on any atom is 0.119 e. The highest BCUT2D eigenvalue weighted by molar-refractivity contribution is 5.93. The van der Waals surface area contributed by atoms with Gasteiger partial charge in [-0.15, -0.1) is 0 Å². The highest BCUT2D eigenvalue weighted by Crippen LogP contribution is 2.22. The normalized spacial score (nSPS) is 10.4. The molecule has 0 radical (unpaired) electrons. The summed E-state index contributed by atoms with van der Waals surface area (Å²) in [6.45, 7) is 0.965. The summed E-state index contributed by atoms with van der Waals surface area (Å²) >= 11 is 0. The van der Waals surface area contributed by atoms with Crippen molar-refractivity contribution in [1.29, 1.82) is 0 Å². The van der Waals surface area contributed by atoms with Gasteiger partial charge in [-0.3, -0.25) is 0 Å². The van der Waals surface area contributed by atoms with Crippen molar-refractivity contribution in [3.63, 3.8) is 0 Å². The molecule has 0 atom stereocenters. The molecule has 0 saturated carbocycles. The molecule has 0 spiro atoms. The maximum atomic E-state index is 10.2. The molecule has 2 aromatic carbocycles. The molecule has 0 aliphatic carbocycles. The summed E-state index contributed by atoms with van der Waals surface area (Å²) in [4.78, 5) is 10.2. The van der Waals surface area contributed by atoms with Crippen LogP contribution in [0.15, 0.2) is 42.5 Å². The van der Waals surface area contributed by atoms with E-state index in [1.165, 1.54) is 16.5 Å². The van der Waals surface area contributed by atoms with Crippen molar-refractivity contribution in [3.8, 4) is 0 Å². The van der Waals surface area contributed by atoms with Crippen molar-refractivity contribution in [2.45, 2.75) is 25.7 Å². The minimum Gasteiger partial charge on any atom is -0.385 e. The van der Waals surface area contributed by atoms with E-state index in [1.807, 2.05) is 0 Å². The number of anilines is 1. The number of hydrogen-bond acceptors (Lipinski definition) is 2. The predicted octanol–water partition coefficient (Wildman–Crippen LogP) is 4.01. The maximum absolute atomic E-state index is 10.2. The van der Waals surface area contributed by atoms with Gasteiger partial charge in [0.1, 0.15) is 6.29 Å². The van der Waals surface area contributed by atoms with E-state index in [4.69, 9.17) is 0 Å². The Bertz CT molecular complexity index is 502. The zero-order valence-corrected chi connectivity index (χ0v) is 10.6. The fourth-order valence-electron chi connectivity index (χ4n) is 2.13. The third-order valence-corrected chi connectivity index (χ3v) is 3.10. The van der Waals surface area contributed by atoms with Gasteiger partial charge in [-0.05, 0) is 24.3 Å². The lowest BCUT2D eigenvalue weighted by Crippen LogP contribution is -2.01. The van der Waals surface area contributed by atoms with Gasteiger partial charge in [0.25, 0.3) is 0 Å². The van der Waals surface area contributed by atoms with Crippen LogP contribution >= 0.6 is 0 Å². The van der Waals surface area contributed by atoms with Crippen molar-refractivity contribution in [3.05, 3.63) is 42.5 Å². The Kier molecular flexibility index (Phi) is 4.77. The van der Waals surface area contributed by atoms with Gasteiger partial charge in [-0.2, -0.15) is 0 Å². The van der Waals surface area contributed by atoms with E-state index in [2.05, 4.69) is 47.8 Å². The lowest BCUT2D eigenvalue weighted by Gasteiger charge is -2.09. The Hall–Kier alpha value is -1.83. The Labute approximate surface area is 108 Å². The first kappa shape index (κ1) is 12.6. The highest BCUT2D eigenvalue weighted by Gasteiger charge is 1.98. The summed E-state index contributed by atoms with van der Waals surface area (Å²) in [6.07, 6.45) is 4.90. The van der Waals surface area contributed by atoms with E-state index in [0.717, 1.165) is 32.1 Å². The molecule has 0 aliphatic heterocycles. The molecular formula is C16H19NO. The van der Waals surface area contributed by atoms with E-state index >= 15 is 0 Å². The Morgan fingerprint density at radius 1 is 0.944 bits per heavy atom. The van der Waals surface area contributed by atoms with Gasteiger partial charge in [0.2, 0.25) is 0 Å². The zero-order valence-electron chi connectivity index (χ0n) is 10.6. The molecule has 0 fully saturated rings. The molecule has 0 saturated heterocycles. The highest BCUT2D eigenvalue weighted by atomic mass is 16.1. The fourth-order valence-corrected chi connectivity index (χ4v) is 2.13. The molecule has 0 aliphatic rings. The second kappa shape index (κ2) is 6.80. The lowest BCUT2D eigenvalue weighted by atomic mass is 10.1. The van der Waals surface area contributed by atoms with Crippen molar-refractivity contribution in [2.75, 3.05) is 11.9 Å². The molecule has 0 bridgehead atoms. The summed E-state index contributed by atoms with van der Waals surface area (Å²) in [5.41, 5.74) is 1.20. The quantitative estimate of drug-likeness (QED) is 0.586. The number of carbonyl (C=O) groups excluding carboxylic acids is 1. The third kappa shape index (κ3) is 3.33. The van der Waals surface area contributed by atoms with Crippen LogP contribution < -0.4 is 5.32 Å². The van der Waals surface area contributed by atoms with Crippen LogP contribution in [0.25, 0.3) is 10.8 Å². The van der Waals surface area contributed by atoms with Crippen molar-refractivity contribution in [1.82, 2.24) is 0 Å². The van der Waals surface area contributed by atoms with E-state index in [9.17, 15) is 4.79 Å². The van der Waals surface area contributed by atoms with Gasteiger partial charge in [0.15, 0.2) is 0 Å². The van der Waals surface area contributed by atoms with E-state index in [0.29, 0.717) is 6.42 Å². The van der Waals surface area contributed by atoms with E-state index in [1.54, 1.807) is 0 Å². The van der Waals surface area contributed by atoms with Crippen LogP contribution in [0.5, 0.6) is 0 Å². The smallest absolute Gasteiger partial charge is 0.119 e. The first-order valence-corrected chi connectivity index (χ1v) is 6.57. The Balaban J connectivity index is 1.89. The van der Waals surface area contributed by atoms with Gasteiger partial charge in [0.05, 0.1) is 0 Å². The standard InChI is InChI=1S/C16H19NO/c18-13-6-2-1-5-12-17-16-11-7-9-14-8-3-4-10-15(14)16/h3-4,7-11,13,17H,1-2,5-6,12H2. The van der Waals surface area contributed by atoms with Crippen LogP contribution in [0.2, 0.25) is 0 Å². The summed E-state index contributed by atoms with van der Waals surface area (Å²) in [5, 5.41) is 6.01.